The molecule has 0 atom stereocenters. The fourth-order valence-corrected chi connectivity index (χ4v) is 4.02. The lowest BCUT2D eigenvalue weighted by atomic mass is 10.2. The number of aryl methyl sites for hydroxylation is 2. The van der Waals surface area contributed by atoms with E-state index in [9.17, 15) is 8.42 Å². The molecule has 156 valence electrons. The van der Waals surface area contributed by atoms with Crippen molar-refractivity contribution in [1.82, 2.24) is 15.0 Å². The minimum Gasteiger partial charge on any atom is -0.324 e. The van der Waals surface area contributed by atoms with Gasteiger partial charge in [-0.2, -0.15) is 0 Å². The number of pyridine rings is 1. The third-order valence-electron chi connectivity index (χ3n) is 4.68. The molecule has 0 saturated carbocycles. The zero-order valence-corrected chi connectivity index (χ0v) is 17.9. The zero-order valence-electron chi connectivity index (χ0n) is 17.1. The Hall–Kier alpha value is -3.78. The van der Waals surface area contributed by atoms with Crippen LogP contribution in [0.4, 0.5) is 17.3 Å². The summed E-state index contributed by atoms with van der Waals surface area (Å²) in [4.78, 5) is 13.1. The molecule has 0 saturated heterocycles. The molecule has 0 aliphatic rings. The van der Waals surface area contributed by atoms with Gasteiger partial charge in [-0.1, -0.05) is 23.8 Å². The molecule has 2 aromatic carbocycles. The number of nitrogens with one attached hydrogen (secondary N) is 2. The van der Waals surface area contributed by atoms with Crippen LogP contribution in [0.25, 0.3) is 11.3 Å². The fourth-order valence-electron chi connectivity index (χ4n) is 2.97. The maximum atomic E-state index is 12.7. The second kappa shape index (κ2) is 8.53. The number of sulfonamides is 1. The second-order valence-electron chi connectivity index (χ2n) is 7.08. The summed E-state index contributed by atoms with van der Waals surface area (Å²) >= 11 is 0. The summed E-state index contributed by atoms with van der Waals surface area (Å²) in [7, 11) is -3.69. The molecule has 0 bridgehead atoms. The fraction of sp³-hybridized carbons (Fsp3) is 0.0870. The Bertz CT molecular complexity index is 1310. The average molecular weight is 432 g/mol. The van der Waals surface area contributed by atoms with Gasteiger partial charge in [-0.3, -0.25) is 9.71 Å². The van der Waals surface area contributed by atoms with Crippen molar-refractivity contribution in [2.45, 2.75) is 18.7 Å². The quantitative estimate of drug-likeness (QED) is 0.459. The van der Waals surface area contributed by atoms with Gasteiger partial charge in [0.15, 0.2) is 0 Å². The van der Waals surface area contributed by atoms with Gasteiger partial charge in [-0.05, 0) is 61.9 Å². The Morgan fingerprint density at radius 3 is 2.45 bits per heavy atom. The van der Waals surface area contributed by atoms with Crippen molar-refractivity contribution < 1.29 is 8.42 Å². The average Bonchev–Trinajstić information content (AvgIpc) is 2.77. The van der Waals surface area contributed by atoms with Crippen LogP contribution in [0, 0.1) is 13.8 Å². The van der Waals surface area contributed by atoms with Gasteiger partial charge in [-0.25, -0.2) is 18.4 Å². The first kappa shape index (κ1) is 20.5. The molecule has 0 unspecified atom stereocenters. The summed E-state index contributed by atoms with van der Waals surface area (Å²) in [6, 6.07) is 17.6. The summed E-state index contributed by atoms with van der Waals surface area (Å²) < 4.78 is 28.0. The van der Waals surface area contributed by atoms with Gasteiger partial charge in [0.25, 0.3) is 10.0 Å². The van der Waals surface area contributed by atoms with Crippen LogP contribution in [0.15, 0.2) is 84.1 Å². The molecule has 2 N–H and O–H groups in total. The van der Waals surface area contributed by atoms with Gasteiger partial charge < -0.3 is 5.32 Å². The lowest BCUT2D eigenvalue weighted by Gasteiger charge is -2.13. The minimum absolute atomic E-state index is 0.209. The molecular weight excluding hydrogens is 410 g/mol. The zero-order chi connectivity index (χ0) is 21.8. The first-order chi connectivity index (χ1) is 14.9. The van der Waals surface area contributed by atoms with Crippen LogP contribution >= 0.6 is 0 Å². The molecule has 4 rings (SSSR count). The monoisotopic (exact) mass is 431 g/mol. The SMILES string of the molecule is Cc1ccc(S(=O)(=O)Nc2ccc(C)c(Nc3nccc(-c4cccnc4)n3)c2)cc1. The highest BCUT2D eigenvalue weighted by atomic mass is 32.2. The molecule has 2 aromatic heterocycles. The summed E-state index contributed by atoms with van der Waals surface area (Å²) in [6.07, 6.45) is 5.10. The van der Waals surface area contributed by atoms with Gasteiger partial charge in [0, 0.05) is 29.8 Å². The van der Waals surface area contributed by atoms with Gasteiger partial charge in [-0.15, -0.1) is 0 Å². The van der Waals surface area contributed by atoms with Gasteiger partial charge >= 0.3 is 0 Å². The number of hydrogen-bond donors (Lipinski definition) is 2. The van der Waals surface area contributed by atoms with E-state index in [0.717, 1.165) is 22.4 Å². The highest BCUT2D eigenvalue weighted by molar-refractivity contribution is 7.92. The summed E-state index contributed by atoms with van der Waals surface area (Å²) in [6.45, 7) is 3.83. The molecule has 0 fully saturated rings. The summed E-state index contributed by atoms with van der Waals surface area (Å²) in [5.41, 5.74) is 4.68. The smallest absolute Gasteiger partial charge is 0.261 e. The standard InChI is InChI=1S/C23H21N5O2S/c1-16-5-9-20(10-6-16)31(29,30)28-19-8-7-17(2)22(14-19)27-23-25-13-11-21(26-23)18-4-3-12-24-15-18/h3-15,28H,1-2H3,(H,25,26,27). The molecule has 0 spiro atoms. The third kappa shape index (κ3) is 4.87. The van der Waals surface area contributed by atoms with Crippen LogP contribution in [0.3, 0.4) is 0 Å². The molecule has 7 nitrogen and oxygen atoms in total. The molecule has 0 aliphatic carbocycles. The molecule has 4 aromatic rings. The van der Waals surface area contributed by atoms with Crippen LogP contribution in [0.1, 0.15) is 11.1 Å². The van der Waals surface area contributed by atoms with Crippen LogP contribution in [0.5, 0.6) is 0 Å². The second-order valence-corrected chi connectivity index (χ2v) is 8.76. The lowest BCUT2D eigenvalue weighted by molar-refractivity contribution is 0.601. The van der Waals surface area contributed by atoms with E-state index < -0.39 is 10.0 Å². The first-order valence-electron chi connectivity index (χ1n) is 9.61. The maximum Gasteiger partial charge on any atom is 0.261 e. The van der Waals surface area contributed by atoms with Crippen molar-refractivity contribution >= 4 is 27.3 Å². The van der Waals surface area contributed by atoms with Gasteiger partial charge in [0.2, 0.25) is 5.95 Å². The molecule has 2 heterocycles. The lowest BCUT2D eigenvalue weighted by Crippen LogP contribution is -2.13. The van der Waals surface area contributed by atoms with Crippen molar-refractivity contribution in [2.75, 3.05) is 10.0 Å². The summed E-state index contributed by atoms with van der Waals surface area (Å²) in [5.74, 6) is 0.406. The minimum atomic E-state index is -3.69. The van der Waals surface area contributed by atoms with E-state index in [1.54, 1.807) is 61.1 Å². The largest absolute Gasteiger partial charge is 0.324 e. The van der Waals surface area contributed by atoms with Crippen molar-refractivity contribution in [3.05, 3.63) is 90.4 Å². The number of aromatic nitrogens is 3. The Morgan fingerprint density at radius 1 is 0.903 bits per heavy atom. The molecule has 31 heavy (non-hydrogen) atoms. The van der Waals surface area contributed by atoms with E-state index in [1.165, 1.54) is 0 Å². The number of anilines is 3. The van der Waals surface area contributed by atoms with E-state index in [1.807, 2.05) is 32.0 Å². The van der Waals surface area contributed by atoms with Crippen molar-refractivity contribution in [2.24, 2.45) is 0 Å². The van der Waals surface area contributed by atoms with E-state index in [0.29, 0.717) is 17.3 Å². The molecule has 0 radical (unpaired) electrons. The molecule has 0 amide bonds. The number of benzene rings is 2. The number of rotatable bonds is 6. The Kier molecular flexibility index (Phi) is 5.64. The third-order valence-corrected chi connectivity index (χ3v) is 6.08. The van der Waals surface area contributed by atoms with Gasteiger partial charge in [0.1, 0.15) is 0 Å². The van der Waals surface area contributed by atoms with Crippen LogP contribution in [-0.4, -0.2) is 23.4 Å². The molecule has 8 heteroatoms. The predicted octanol–water partition coefficient (Wildman–Crippen LogP) is 4.70. The number of nitrogens with zero attached hydrogens (tertiary/aromatic N) is 3. The van der Waals surface area contributed by atoms with Crippen LogP contribution in [-0.2, 0) is 10.0 Å². The topological polar surface area (TPSA) is 96.9 Å². The van der Waals surface area contributed by atoms with E-state index in [-0.39, 0.29) is 4.90 Å². The molecule has 0 aliphatic heterocycles. The Labute approximate surface area is 181 Å². The van der Waals surface area contributed by atoms with Crippen LogP contribution < -0.4 is 10.0 Å². The van der Waals surface area contributed by atoms with Crippen molar-refractivity contribution in [3.8, 4) is 11.3 Å². The van der Waals surface area contributed by atoms with E-state index in [2.05, 4.69) is 25.0 Å². The Balaban J connectivity index is 1.58. The summed E-state index contributed by atoms with van der Waals surface area (Å²) in [5, 5.41) is 3.18. The van der Waals surface area contributed by atoms with Crippen LogP contribution in [0.2, 0.25) is 0 Å². The van der Waals surface area contributed by atoms with Crippen molar-refractivity contribution in [1.29, 1.82) is 0 Å². The number of hydrogen-bond acceptors (Lipinski definition) is 6. The first-order valence-corrected chi connectivity index (χ1v) is 11.1. The molecular formula is C23H21N5O2S. The highest BCUT2D eigenvalue weighted by Crippen LogP contribution is 2.26. The predicted molar refractivity (Wildman–Crippen MR) is 122 cm³/mol. The van der Waals surface area contributed by atoms with Crippen molar-refractivity contribution in [3.63, 3.8) is 0 Å². The van der Waals surface area contributed by atoms with Gasteiger partial charge in [0.05, 0.1) is 16.3 Å². The normalized spacial score (nSPS) is 11.2. The Morgan fingerprint density at radius 2 is 1.71 bits per heavy atom. The van der Waals surface area contributed by atoms with E-state index in [4.69, 9.17) is 0 Å². The maximum absolute atomic E-state index is 12.7. The highest BCUT2D eigenvalue weighted by Gasteiger charge is 2.15. The van der Waals surface area contributed by atoms with E-state index >= 15 is 0 Å².